The number of sulfonamides is 1. The molecule has 1 aliphatic carbocycles. The Labute approximate surface area is 248 Å². The van der Waals surface area contributed by atoms with Crippen molar-refractivity contribution in [3.05, 3.63) is 125 Å². The van der Waals surface area contributed by atoms with Gasteiger partial charge >= 0.3 is 11.9 Å². The van der Waals surface area contributed by atoms with Gasteiger partial charge in [0.05, 0.1) is 12.0 Å². The molecule has 0 spiro atoms. The summed E-state index contributed by atoms with van der Waals surface area (Å²) in [5.74, 6) is -2.13. The number of aryl methyl sites for hydroxylation is 2. The molecule has 8 heteroatoms. The molecule has 0 saturated heterocycles. The van der Waals surface area contributed by atoms with Crippen LogP contribution < -0.4 is 4.72 Å². The monoisotopic (exact) mass is 587 g/mol. The van der Waals surface area contributed by atoms with E-state index in [2.05, 4.69) is 4.72 Å². The average molecular weight is 588 g/mol. The number of benzene rings is 3. The molecular weight excluding hydrogens is 550 g/mol. The van der Waals surface area contributed by atoms with Crippen LogP contribution in [0.3, 0.4) is 0 Å². The average Bonchev–Trinajstić information content (AvgIpc) is 3.32. The molecule has 1 aliphatic rings. The molecular formula is C34H37NO6S. The summed E-state index contributed by atoms with van der Waals surface area (Å²) in [6.07, 6.45) is 3.62. The molecule has 220 valence electrons. The predicted octanol–water partition coefficient (Wildman–Crippen LogP) is 5.93. The van der Waals surface area contributed by atoms with Gasteiger partial charge in [-0.15, -0.1) is 0 Å². The third-order valence-electron chi connectivity index (χ3n) is 7.16. The van der Waals surface area contributed by atoms with E-state index in [1.165, 1.54) is 19.2 Å². The van der Waals surface area contributed by atoms with E-state index in [1.54, 1.807) is 45.1 Å². The van der Waals surface area contributed by atoms with Gasteiger partial charge in [0, 0.05) is 5.92 Å². The number of esters is 2. The molecule has 3 aromatic rings. The van der Waals surface area contributed by atoms with Crippen molar-refractivity contribution in [1.82, 2.24) is 4.72 Å². The number of allylic oxidation sites excluding steroid dienone is 2. The van der Waals surface area contributed by atoms with E-state index in [1.807, 2.05) is 68.4 Å². The zero-order chi connectivity index (χ0) is 30.7. The maximum Gasteiger partial charge on any atom is 0.355 e. The summed E-state index contributed by atoms with van der Waals surface area (Å²) in [5, 5.41) is 0. The van der Waals surface area contributed by atoms with Gasteiger partial charge in [-0.1, -0.05) is 90.0 Å². The lowest BCUT2D eigenvalue weighted by Gasteiger charge is -2.36. The van der Waals surface area contributed by atoms with Crippen LogP contribution in [-0.4, -0.2) is 33.1 Å². The van der Waals surface area contributed by atoms with E-state index in [0.717, 1.165) is 16.7 Å². The minimum Gasteiger partial charge on any atom is -0.464 e. The smallest absolute Gasteiger partial charge is 0.355 e. The maximum atomic E-state index is 14.2. The first-order valence-corrected chi connectivity index (χ1v) is 15.2. The topological polar surface area (TPSA) is 98.8 Å². The van der Waals surface area contributed by atoms with Crippen molar-refractivity contribution in [2.24, 2.45) is 5.41 Å². The molecule has 2 atom stereocenters. The molecule has 7 nitrogen and oxygen atoms in total. The zero-order valence-corrected chi connectivity index (χ0v) is 25.6. The predicted molar refractivity (Wildman–Crippen MR) is 162 cm³/mol. The molecule has 0 aliphatic heterocycles. The minimum atomic E-state index is -4.18. The summed E-state index contributed by atoms with van der Waals surface area (Å²) in [4.78, 5) is 27.5. The number of hydrogen-bond donors (Lipinski definition) is 1. The lowest BCUT2D eigenvalue weighted by Crippen LogP contribution is -2.42. The second-order valence-electron chi connectivity index (χ2n) is 11.6. The normalized spacial score (nSPS) is 19.7. The molecule has 0 bridgehead atoms. The summed E-state index contributed by atoms with van der Waals surface area (Å²) in [6, 6.07) is 23.4. The molecule has 0 aromatic heterocycles. The number of nitrogens with one attached hydrogen (secondary N) is 1. The number of hydrogen-bond acceptors (Lipinski definition) is 6. The molecule has 0 amide bonds. The van der Waals surface area contributed by atoms with Crippen LogP contribution in [0.1, 0.15) is 48.9 Å². The number of methoxy groups -OCH3 is 1. The molecule has 3 aromatic carbocycles. The van der Waals surface area contributed by atoms with Crippen LogP contribution in [0, 0.1) is 19.3 Å². The summed E-state index contributed by atoms with van der Waals surface area (Å²) in [7, 11) is -3.00. The van der Waals surface area contributed by atoms with Gasteiger partial charge in [-0.2, -0.15) is 0 Å². The molecule has 0 fully saturated rings. The van der Waals surface area contributed by atoms with Gasteiger partial charge in [-0.25, -0.2) is 13.2 Å². The second kappa shape index (κ2) is 12.0. The summed E-state index contributed by atoms with van der Waals surface area (Å²) < 4.78 is 40.6. The molecule has 0 unspecified atom stereocenters. The van der Waals surface area contributed by atoms with Crippen molar-refractivity contribution >= 4 is 22.0 Å². The Kier molecular flexibility index (Phi) is 8.78. The van der Waals surface area contributed by atoms with Crippen LogP contribution in [-0.2, 0) is 35.5 Å². The van der Waals surface area contributed by atoms with Crippen molar-refractivity contribution < 1.29 is 27.5 Å². The van der Waals surface area contributed by atoms with E-state index < -0.39 is 38.9 Å². The van der Waals surface area contributed by atoms with Gasteiger partial charge in [0.15, 0.2) is 0 Å². The Balaban J connectivity index is 1.96. The highest BCUT2D eigenvalue weighted by Gasteiger charge is 2.52. The van der Waals surface area contributed by atoms with Crippen LogP contribution in [0.25, 0.3) is 0 Å². The fourth-order valence-corrected chi connectivity index (χ4v) is 6.21. The van der Waals surface area contributed by atoms with Gasteiger partial charge < -0.3 is 9.47 Å². The lowest BCUT2D eigenvalue weighted by molar-refractivity contribution is -0.165. The van der Waals surface area contributed by atoms with Crippen molar-refractivity contribution in [3.63, 3.8) is 0 Å². The van der Waals surface area contributed by atoms with Gasteiger partial charge in [-0.05, 0) is 69.9 Å². The van der Waals surface area contributed by atoms with Crippen molar-refractivity contribution in [2.75, 3.05) is 7.11 Å². The van der Waals surface area contributed by atoms with Crippen molar-refractivity contribution in [1.29, 1.82) is 0 Å². The highest BCUT2D eigenvalue weighted by atomic mass is 32.2. The largest absolute Gasteiger partial charge is 0.464 e. The SMILES string of the molecule is COC(=O)/C(NS(=O)(=O)c1ccc(C)cc1)=C1/C=C[C@](Cc2ccc(C)cc2)(C(=O)OC(C)(C)C)[C@H]1c1ccccc1. The van der Waals surface area contributed by atoms with Crippen molar-refractivity contribution in [3.8, 4) is 0 Å². The van der Waals surface area contributed by atoms with E-state index in [0.29, 0.717) is 11.1 Å². The number of ether oxygens (including phenoxy) is 2. The van der Waals surface area contributed by atoms with Gasteiger partial charge in [0.2, 0.25) is 0 Å². The first kappa shape index (κ1) is 30.8. The summed E-state index contributed by atoms with van der Waals surface area (Å²) in [5.41, 5.74) is 1.52. The molecule has 0 heterocycles. The third kappa shape index (κ3) is 6.65. The number of carbonyl (C=O) groups excluding carboxylic acids is 2. The Morgan fingerprint density at radius 2 is 1.45 bits per heavy atom. The van der Waals surface area contributed by atoms with Gasteiger partial charge in [0.25, 0.3) is 10.0 Å². The fraction of sp³-hybridized carbons (Fsp3) is 0.294. The molecule has 0 radical (unpaired) electrons. The van der Waals surface area contributed by atoms with Crippen LogP contribution in [0.15, 0.2) is 107 Å². The Morgan fingerprint density at radius 3 is 2.00 bits per heavy atom. The van der Waals surface area contributed by atoms with Crippen LogP contribution in [0.5, 0.6) is 0 Å². The summed E-state index contributed by atoms with van der Waals surface area (Å²) >= 11 is 0. The molecule has 1 N–H and O–H groups in total. The van der Waals surface area contributed by atoms with Gasteiger partial charge in [-0.3, -0.25) is 9.52 Å². The highest BCUT2D eigenvalue weighted by molar-refractivity contribution is 7.89. The van der Waals surface area contributed by atoms with Crippen LogP contribution in [0.2, 0.25) is 0 Å². The van der Waals surface area contributed by atoms with E-state index >= 15 is 0 Å². The van der Waals surface area contributed by atoms with Crippen LogP contribution in [0.4, 0.5) is 0 Å². The maximum absolute atomic E-state index is 14.2. The Morgan fingerprint density at radius 1 is 0.881 bits per heavy atom. The molecule has 4 rings (SSSR count). The number of carbonyl (C=O) groups is 2. The van der Waals surface area contributed by atoms with Crippen molar-refractivity contribution in [2.45, 2.75) is 57.5 Å². The second-order valence-corrected chi connectivity index (χ2v) is 13.3. The zero-order valence-electron chi connectivity index (χ0n) is 24.8. The van der Waals surface area contributed by atoms with Crippen LogP contribution >= 0.6 is 0 Å². The fourth-order valence-electron chi connectivity index (χ4n) is 5.13. The Hall–Kier alpha value is -4.17. The van der Waals surface area contributed by atoms with E-state index in [-0.39, 0.29) is 17.0 Å². The first-order chi connectivity index (χ1) is 19.8. The first-order valence-electron chi connectivity index (χ1n) is 13.7. The quantitative estimate of drug-likeness (QED) is 0.259. The minimum absolute atomic E-state index is 0.00796. The van der Waals surface area contributed by atoms with Gasteiger partial charge in [0.1, 0.15) is 16.7 Å². The highest BCUT2D eigenvalue weighted by Crippen LogP contribution is 2.52. The Bertz CT molecular complexity index is 1620. The lowest BCUT2D eigenvalue weighted by atomic mass is 9.69. The molecule has 0 saturated carbocycles. The van der Waals surface area contributed by atoms with E-state index in [4.69, 9.17) is 9.47 Å². The van der Waals surface area contributed by atoms with E-state index in [9.17, 15) is 18.0 Å². The standard InChI is InChI=1S/C34H37NO6S/c1-23-12-16-25(17-13-23)22-34(32(37)41-33(3,4)5)21-20-28(29(34)26-10-8-7-9-11-26)30(31(36)40-6)35-42(38,39)27-18-14-24(2)15-19-27/h7-21,29,35H,22H2,1-6H3/b30-28+/t29-,34+/m0/s1. The molecule has 42 heavy (non-hydrogen) atoms. The number of rotatable bonds is 8. The summed E-state index contributed by atoms with van der Waals surface area (Å²) in [6.45, 7) is 9.23. The third-order valence-corrected chi connectivity index (χ3v) is 8.53.